The van der Waals surface area contributed by atoms with Crippen LogP contribution in [0.2, 0.25) is 0 Å². The number of nitrogens with two attached hydrogens (primary N) is 1. The second-order valence-electron chi connectivity index (χ2n) is 6.16. The van der Waals surface area contributed by atoms with Crippen LogP contribution >= 0.6 is 0 Å². The first-order valence-electron chi connectivity index (χ1n) is 8.36. The molecule has 3 N–H and O–H groups in total. The molecule has 0 saturated carbocycles. The minimum atomic E-state index is -0.157. The van der Waals surface area contributed by atoms with Gasteiger partial charge in [0, 0.05) is 13.2 Å². The average molecular weight is 312 g/mol. The van der Waals surface area contributed by atoms with Crippen molar-refractivity contribution in [3.8, 4) is 0 Å². The van der Waals surface area contributed by atoms with Gasteiger partial charge in [-0.2, -0.15) is 0 Å². The van der Waals surface area contributed by atoms with Crippen LogP contribution in [0.25, 0.3) is 10.8 Å². The van der Waals surface area contributed by atoms with Crippen molar-refractivity contribution in [1.82, 2.24) is 5.32 Å². The Morgan fingerprint density at radius 1 is 1.22 bits per heavy atom. The van der Waals surface area contributed by atoms with E-state index < -0.39 is 0 Å². The zero-order valence-electron chi connectivity index (χ0n) is 13.3. The lowest BCUT2D eigenvalue weighted by atomic mass is 10.0. The summed E-state index contributed by atoms with van der Waals surface area (Å²) in [5.41, 5.74) is 6.93. The molecule has 2 aromatic carbocycles. The minimum Gasteiger partial charge on any atom is -0.378 e. The molecule has 1 heterocycles. The van der Waals surface area contributed by atoms with Crippen molar-refractivity contribution in [3.63, 3.8) is 0 Å². The average Bonchev–Trinajstić information content (AvgIpc) is 2.60. The third-order valence-corrected chi connectivity index (χ3v) is 4.43. The van der Waals surface area contributed by atoms with E-state index in [-0.39, 0.29) is 18.1 Å². The lowest BCUT2D eigenvalue weighted by Crippen LogP contribution is -2.36. The van der Waals surface area contributed by atoms with Gasteiger partial charge in [0.15, 0.2) is 0 Å². The highest BCUT2D eigenvalue weighted by Gasteiger charge is 2.20. The topological polar surface area (TPSA) is 64.3 Å². The summed E-state index contributed by atoms with van der Waals surface area (Å²) in [7, 11) is 0. The molecule has 0 aromatic heterocycles. The number of hydrogen-bond donors (Lipinski definition) is 2. The van der Waals surface area contributed by atoms with Crippen molar-refractivity contribution < 1.29 is 9.53 Å². The van der Waals surface area contributed by atoms with Crippen LogP contribution in [0.1, 0.15) is 37.3 Å². The van der Waals surface area contributed by atoms with Gasteiger partial charge < -0.3 is 15.8 Å². The predicted octanol–water partition coefficient (Wildman–Crippen LogP) is 2.92. The Bertz CT molecular complexity index is 665. The summed E-state index contributed by atoms with van der Waals surface area (Å²) in [6.45, 7) is 1.15. The highest BCUT2D eigenvalue weighted by Crippen LogP contribution is 2.21. The van der Waals surface area contributed by atoms with Crippen LogP contribution in [0.4, 0.5) is 0 Å². The number of benzene rings is 2. The SMILES string of the molecule is NCC(NC(=O)CC1CCCCO1)c1ccc2ccccc2c1. The van der Waals surface area contributed by atoms with Crippen molar-refractivity contribution >= 4 is 16.7 Å². The van der Waals surface area contributed by atoms with E-state index in [0.717, 1.165) is 36.8 Å². The van der Waals surface area contributed by atoms with Gasteiger partial charge in [-0.15, -0.1) is 0 Å². The molecule has 122 valence electrons. The lowest BCUT2D eigenvalue weighted by molar-refractivity contribution is -0.125. The maximum atomic E-state index is 12.3. The Hall–Kier alpha value is -1.91. The molecule has 1 saturated heterocycles. The summed E-state index contributed by atoms with van der Waals surface area (Å²) >= 11 is 0. The van der Waals surface area contributed by atoms with Crippen LogP contribution in [0.5, 0.6) is 0 Å². The van der Waals surface area contributed by atoms with Crippen molar-refractivity contribution in [2.24, 2.45) is 5.73 Å². The molecule has 0 spiro atoms. The van der Waals surface area contributed by atoms with Gasteiger partial charge in [-0.05, 0) is 41.7 Å². The zero-order valence-corrected chi connectivity index (χ0v) is 13.3. The smallest absolute Gasteiger partial charge is 0.223 e. The number of rotatable bonds is 5. The van der Waals surface area contributed by atoms with Crippen molar-refractivity contribution in [2.75, 3.05) is 13.2 Å². The van der Waals surface area contributed by atoms with Gasteiger partial charge in [0.25, 0.3) is 0 Å². The molecule has 2 aromatic rings. The molecule has 4 nitrogen and oxygen atoms in total. The van der Waals surface area contributed by atoms with Crippen molar-refractivity contribution in [2.45, 2.75) is 37.8 Å². The molecule has 3 rings (SSSR count). The van der Waals surface area contributed by atoms with E-state index in [0.29, 0.717) is 13.0 Å². The molecule has 1 fully saturated rings. The predicted molar refractivity (Wildman–Crippen MR) is 92.1 cm³/mol. The van der Waals surface area contributed by atoms with Crippen LogP contribution in [0.15, 0.2) is 42.5 Å². The van der Waals surface area contributed by atoms with E-state index >= 15 is 0 Å². The van der Waals surface area contributed by atoms with Crippen molar-refractivity contribution in [1.29, 1.82) is 0 Å². The molecule has 0 bridgehead atoms. The zero-order chi connectivity index (χ0) is 16.1. The van der Waals surface area contributed by atoms with E-state index in [4.69, 9.17) is 10.5 Å². The Morgan fingerprint density at radius 3 is 2.78 bits per heavy atom. The van der Waals surface area contributed by atoms with Gasteiger partial charge in [0.2, 0.25) is 5.91 Å². The Balaban J connectivity index is 1.66. The molecule has 0 radical (unpaired) electrons. The molecule has 2 unspecified atom stereocenters. The van der Waals surface area contributed by atoms with E-state index in [1.807, 2.05) is 18.2 Å². The van der Waals surface area contributed by atoms with Gasteiger partial charge in [-0.1, -0.05) is 36.4 Å². The second kappa shape index (κ2) is 7.57. The molecule has 23 heavy (non-hydrogen) atoms. The number of amides is 1. The Kier molecular flexibility index (Phi) is 5.26. The lowest BCUT2D eigenvalue weighted by Gasteiger charge is -2.24. The number of ether oxygens (including phenoxy) is 1. The number of carbonyl (C=O) groups is 1. The molecular weight excluding hydrogens is 288 g/mol. The van der Waals surface area contributed by atoms with Gasteiger partial charge in [0.05, 0.1) is 18.6 Å². The highest BCUT2D eigenvalue weighted by atomic mass is 16.5. The first-order chi connectivity index (χ1) is 11.3. The number of carbonyl (C=O) groups excluding carboxylic acids is 1. The number of nitrogens with one attached hydrogen (secondary N) is 1. The second-order valence-corrected chi connectivity index (χ2v) is 6.16. The molecular formula is C19H24N2O2. The van der Waals surface area contributed by atoms with Gasteiger partial charge >= 0.3 is 0 Å². The highest BCUT2D eigenvalue weighted by molar-refractivity contribution is 5.83. The van der Waals surface area contributed by atoms with Gasteiger partial charge in [0.1, 0.15) is 0 Å². The fraction of sp³-hybridized carbons (Fsp3) is 0.421. The van der Waals surface area contributed by atoms with Crippen LogP contribution in [-0.2, 0) is 9.53 Å². The molecule has 4 heteroatoms. The molecule has 1 aliphatic rings. The van der Waals surface area contributed by atoms with Crippen LogP contribution < -0.4 is 11.1 Å². The fourth-order valence-electron chi connectivity index (χ4n) is 3.13. The standard InChI is InChI=1S/C19H24N2O2/c20-13-18(21-19(22)12-17-7-3-4-10-23-17)16-9-8-14-5-1-2-6-15(14)11-16/h1-2,5-6,8-9,11,17-18H,3-4,7,10,12-13,20H2,(H,21,22). The summed E-state index contributed by atoms with van der Waals surface area (Å²) in [6, 6.07) is 14.2. The number of hydrogen-bond acceptors (Lipinski definition) is 3. The maximum absolute atomic E-state index is 12.3. The first kappa shape index (κ1) is 16.0. The molecule has 2 atom stereocenters. The Morgan fingerprint density at radius 2 is 2.04 bits per heavy atom. The quantitative estimate of drug-likeness (QED) is 0.892. The van der Waals surface area contributed by atoms with E-state index in [2.05, 4.69) is 29.6 Å². The summed E-state index contributed by atoms with van der Waals surface area (Å²) in [4.78, 5) is 12.3. The van der Waals surface area contributed by atoms with Crippen LogP contribution in [0, 0.1) is 0 Å². The van der Waals surface area contributed by atoms with Gasteiger partial charge in [-0.3, -0.25) is 4.79 Å². The Labute approximate surface area is 137 Å². The van der Waals surface area contributed by atoms with Crippen molar-refractivity contribution in [3.05, 3.63) is 48.0 Å². The van der Waals surface area contributed by atoms with E-state index in [1.54, 1.807) is 0 Å². The monoisotopic (exact) mass is 312 g/mol. The normalized spacial score (nSPS) is 19.4. The first-order valence-corrected chi connectivity index (χ1v) is 8.36. The maximum Gasteiger partial charge on any atom is 0.223 e. The molecule has 1 amide bonds. The third kappa shape index (κ3) is 4.09. The molecule has 0 aliphatic carbocycles. The van der Waals surface area contributed by atoms with Crippen LogP contribution in [-0.4, -0.2) is 25.2 Å². The summed E-state index contributed by atoms with van der Waals surface area (Å²) in [5.74, 6) is 0.0144. The largest absolute Gasteiger partial charge is 0.378 e. The summed E-state index contributed by atoms with van der Waals surface area (Å²) in [5, 5.41) is 5.40. The fourth-order valence-corrected chi connectivity index (χ4v) is 3.13. The van der Waals surface area contributed by atoms with E-state index in [1.165, 1.54) is 5.39 Å². The summed E-state index contributed by atoms with van der Waals surface area (Å²) in [6.07, 6.45) is 3.68. The van der Waals surface area contributed by atoms with Gasteiger partial charge in [-0.25, -0.2) is 0 Å². The number of fused-ring (bicyclic) bond motifs is 1. The summed E-state index contributed by atoms with van der Waals surface area (Å²) < 4.78 is 5.64. The van der Waals surface area contributed by atoms with Crippen LogP contribution in [0.3, 0.4) is 0 Å². The third-order valence-electron chi connectivity index (χ3n) is 4.43. The van der Waals surface area contributed by atoms with E-state index in [9.17, 15) is 4.79 Å². The molecule has 1 aliphatic heterocycles. The minimum absolute atomic E-state index is 0.0144.